The average molecular weight is 308 g/mol. The van der Waals surface area contributed by atoms with Gasteiger partial charge in [-0.15, -0.1) is 0 Å². The smallest absolute Gasteiger partial charge is 0.407 e. The van der Waals surface area contributed by atoms with Crippen LogP contribution in [0.4, 0.5) is 13.6 Å². The predicted octanol–water partition coefficient (Wildman–Crippen LogP) is 1.25. The molecule has 1 N–H and O–H groups in total. The Morgan fingerprint density at radius 1 is 1.43 bits per heavy atom. The molecule has 0 unspecified atom stereocenters. The van der Waals surface area contributed by atoms with Gasteiger partial charge in [0.25, 0.3) is 5.92 Å². The van der Waals surface area contributed by atoms with Crippen LogP contribution >= 0.6 is 0 Å². The summed E-state index contributed by atoms with van der Waals surface area (Å²) in [5, 5.41) is 2.27. The van der Waals surface area contributed by atoms with Gasteiger partial charge < -0.3 is 19.7 Å². The molecule has 122 valence electrons. The third kappa shape index (κ3) is 5.82. The number of nitrogens with one attached hydrogen (secondary N) is 1. The molecule has 1 saturated heterocycles. The van der Waals surface area contributed by atoms with E-state index in [1.807, 2.05) is 13.8 Å². The lowest BCUT2D eigenvalue weighted by molar-refractivity contribution is -0.133. The second-order valence-electron chi connectivity index (χ2n) is 5.54. The summed E-state index contributed by atoms with van der Waals surface area (Å²) >= 11 is 0. The second-order valence-corrected chi connectivity index (χ2v) is 5.54. The summed E-state index contributed by atoms with van der Waals surface area (Å²) in [6, 6.07) is -0.675. The molecule has 0 saturated carbocycles. The van der Waals surface area contributed by atoms with Gasteiger partial charge in [-0.2, -0.15) is 0 Å². The molecule has 1 rings (SSSR count). The van der Waals surface area contributed by atoms with Crippen LogP contribution in [-0.4, -0.2) is 62.3 Å². The first-order valence-corrected chi connectivity index (χ1v) is 6.82. The summed E-state index contributed by atoms with van der Waals surface area (Å²) in [5.41, 5.74) is 0. The Labute approximate surface area is 122 Å². The minimum Gasteiger partial charge on any atom is -0.449 e. The Hall–Kier alpha value is -1.44. The maximum atomic E-state index is 13.4. The minimum absolute atomic E-state index is 0.0408. The van der Waals surface area contributed by atoms with Crippen LogP contribution in [0.1, 0.15) is 20.3 Å². The molecule has 1 atom stereocenters. The number of alkyl carbamates (subject to hydrolysis) is 1. The molecule has 0 aromatic carbocycles. The fourth-order valence-corrected chi connectivity index (χ4v) is 2.07. The number of carbonyl (C=O) groups excluding carboxylic acids is 2. The molecule has 8 heteroatoms. The van der Waals surface area contributed by atoms with E-state index < -0.39 is 36.9 Å². The molecule has 0 aliphatic carbocycles. The van der Waals surface area contributed by atoms with E-state index in [1.54, 1.807) is 0 Å². The van der Waals surface area contributed by atoms with Gasteiger partial charge in [0.1, 0.15) is 6.54 Å². The van der Waals surface area contributed by atoms with Crippen LogP contribution in [0.15, 0.2) is 0 Å². The summed E-state index contributed by atoms with van der Waals surface area (Å²) in [6.45, 7) is 3.00. The molecule has 0 radical (unpaired) electrons. The number of rotatable bonds is 6. The molecular formula is C13H22F2N2O4. The molecule has 1 aliphatic heterocycles. The highest BCUT2D eigenvalue weighted by Gasteiger charge is 2.46. The van der Waals surface area contributed by atoms with Crippen LogP contribution in [0.25, 0.3) is 0 Å². The van der Waals surface area contributed by atoms with E-state index in [4.69, 9.17) is 9.47 Å². The summed E-state index contributed by atoms with van der Waals surface area (Å²) in [4.78, 5) is 24.3. The monoisotopic (exact) mass is 308 g/mol. The molecular weight excluding hydrogens is 286 g/mol. The molecule has 1 aliphatic rings. The molecule has 0 aromatic rings. The number of methoxy groups -OCH3 is 1. The highest BCUT2D eigenvalue weighted by molar-refractivity contribution is 5.82. The maximum Gasteiger partial charge on any atom is 0.407 e. The van der Waals surface area contributed by atoms with Crippen LogP contribution in [-0.2, 0) is 14.3 Å². The van der Waals surface area contributed by atoms with Crippen molar-refractivity contribution in [3.63, 3.8) is 0 Å². The summed E-state index contributed by atoms with van der Waals surface area (Å²) in [5.74, 6) is -3.32. The van der Waals surface area contributed by atoms with Crippen molar-refractivity contribution in [2.75, 3.05) is 33.4 Å². The van der Waals surface area contributed by atoms with Crippen molar-refractivity contribution in [1.82, 2.24) is 10.2 Å². The molecule has 0 spiro atoms. The highest BCUT2D eigenvalue weighted by Crippen LogP contribution is 2.32. The van der Waals surface area contributed by atoms with Gasteiger partial charge in [-0.05, 0) is 5.92 Å². The van der Waals surface area contributed by atoms with Gasteiger partial charge in [0, 0.05) is 13.5 Å². The predicted molar refractivity (Wildman–Crippen MR) is 71.1 cm³/mol. The normalized spacial score (nSPS) is 20.7. The molecule has 2 amide bonds. The Kier molecular flexibility index (Phi) is 6.32. The Balaban J connectivity index is 2.44. The number of likely N-dealkylation sites (tertiary alicyclic amines) is 1. The highest BCUT2D eigenvalue weighted by atomic mass is 19.3. The number of alkyl halides is 2. The lowest BCUT2D eigenvalue weighted by atomic mass is 10.2. The van der Waals surface area contributed by atoms with Crippen molar-refractivity contribution in [2.24, 2.45) is 5.92 Å². The third-order valence-electron chi connectivity index (χ3n) is 2.99. The van der Waals surface area contributed by atoms with Crippen molar-refractivity contribution in [1.29, 1.82) is 0 Å². The number of nitrogens with zero attached hydrogens (tertiary/aromatic N) is 1. The Morgan fingerprint density at radius 3 is 2.67 bits per heavy atom. The molecule has 1 heterocycles. The number of halogens is 2. The van der Waals surface area contributed by atoms with Crippen molar-refractivity contribution in [3.05, 3.63) is 0 Å². The number of amides is 2. The number of hydrogen-bond acceptors (Lipinski definition) is 4. The van der Waals surface area contributed by atoms with Crippen LogP contribution in [0.3, 0.4) is 0 Å². The van der Waals surface area contributed by atoms with E-state index in [0.717, 1.165) is 4.90 Å². The van der Waals surface area contributed by atoms with Gasteiger partial charge in [0.05, 0.1) is 25.8 Å². The van der Waals surface area contributed by atoms with Crippen LogP contribution in [0.5, 0.6) is 0 Å². The zero-order valence-corrected chi connectivity index (χ0v) is 12.5. The van der Waals surface area contributed by atoms with E-state index in [1.165, 1.54) is 7.11 Å². The summed E-state index contributed by atoms with van der Waals surface area (Å²) in [6.07, 6.45) is -1.16. The van der Waals surface area contributed by atoms with Crippen LogP contribution < -0.4 is 5.32 Å². The Morgan fingerprint density at radius 2 is 2.10 bits per heavy atom. The zero-order valence-electron chi connectivity index (χ0n) is 12.5. The van der Waals surface area contributed by atoms with E-state index in [9.17, 15) is 18.4 Å². The molecule has 1 fully saturated rings. The van der Waals surface area contributed by atoms with Crippen molar-refractivity contribution in [2.45, 2.75) is 32.2 Å². The zero-order chi connectivity index (χ0) is 16.0. The lowest BCUT2D eigenvalue weighted by Crippen LogP contribution is -2.44. The minimum atomic E-state index is -2.92. The van der Waals surface area contributed by atoms with Gasteiger partial charge >= 0.3 is 6.09 Å². The number of carbonyl (C=O) groups is 2. The van der Waals surface area contributed by atoms with Gasteiger partial charge in [-0.3, -0.25) is 4.79 Å². The third-order valence-corrected chi connectivity index (χ3v) is 2.99. The van der Waals surface area contributed by atoms with E-state index in [-0.39, 0.29) is 25.7 Å². The Bertz CT molecular complexity index is 377. The first-order chi connectivity index (χ1) is 9.75. The van der Waals surface area contributed by atoms with Crippen molar-refractivity contribution in [3.8, 4) is 0 Å². The first kappa shape index (κ1) is 17.6. The SMILES string of the molecule is COC[C@@H]1CC(F)(F)CN1C(=O)CNC(=O)OCC(C)C. The number of ether oxygens (including phenoxy) is 2. The quantitative estimate of drug-likeness (QED) is 0.802. The summed E-state index contributed by atoms with van der Waals surface area (Å²) in [7, 11) is 1.39. The lowest BCUT2D eigenvalue weighted by Gasteiger charge is -2.23. The van der Waals surface area contributed by atoms with E-state index in [2.05, 4.69) is 5.32 Å². The maximum absolute atomic E-state index is 13.4. The van der Waals surface area contributed by atoms with E-state index in [0.29, 0.717) is 0 Å². The summed E-state index contributed by atoms with van der Waals surface area (Å²) < 4.78 is 36.4. The van der Waals surface area contributed by atoms with Crippen LogP contribution in [0, 0.1) is 5.92 Å². The fraction of sp³-hybridized carbons (Fsp3) is 0.846. The van der Waals surface area contributed by atoms with Gasteiger partial charge in [0.2, 0.25) is 5.91 Å². The van der Waals surface area contributed by atoms with Crippen molar-refractivity contribution >= 4 is 12.0 Å². The van der Waals surface area contributed by atoms with Gasteiger partial charge in [0.15, 0.2) is 0 Å². The first-order valence-electron chi connectivity index (χ1n) is 6.82. The topological polar surface area (TPSA) is 67.9 Å². The fourth-order valence-electron chi connectivity index (χ4n) is 2.07. The van der Waals surface area contributed by atoms with Gasteiger partial charge in [-0.25, -0.2) is 13.6 Å². The molecule has 21 heavy (non-hydrogen) atoms. The van der Waals surface area contributed by atoms with Crippen LogP contribution in [0.2, 0.25) is 0 Å². The second kappa shape index (κ2) is 7.53. The largest absolute Gasteiger partial charge is 0.449 e. The average Bonchev–Trinajstić information content (AvgIpc) is 2.69. The molecule has 0 aromatic heterocycles. The van der Waals surface area contributed by atoms with Crippen molar-refractivity contribution < 1.29 is 27.8 Å². The number of hydrogen-bond donors (Lipinski definition) is 1. The standard InChI is InChI=1S/C13H22F2N2O4/c1-9(2)6-21-12(19)16-5-11(18)17-8-13(14,15)4-10(17)7-20-3/h9-10H,4-8H2,1-3H3,(H,16,19)/t10-/m0/s1. The molecule has 6 nitrogen and oxygen atoms in total. The molecule has 0 bridgehead atoms. The van der Waals surface area contributed by atoms with E-state index >= 15 is 0 Å². The van der Waals surface area contributed by atoms with Gasteiger partial charge in [-0.1, -0.05) is 13.8 Å².